The van der Waals surface area contributed by atoms with Crippen molar-refractivity contribution in [2.24, 2.45) is 5.92 Å². The van der Waals surface area contributed by atoms with E-state index in [2.05, 4.69) is 5.32 Å². The molecule has 96 valence electrons. The third-order valence-electron chi connectivity index (χ3n) is 2.14. The summed E-state index contributed by atoms with van der Waals surface area (Å²) < 4.78 is 41.6. The summed E-state index contributed by atoms with van der Waals surface area (Å²) in [4.78, 5) is 10.4. The van der Waals surface area contributed by atoms with E-state index in [4.69, 9.17) is 9.84 Å². The van der Waals surface area contributed by atoms with Crippen LogP contribution in [0.3, 0.4) is 0 Å². The zero-order valence-electron chi connectivity index (χ0n) is 9.39. The number of aliphatic carboxylic acids is 1. The van der Waals surface area contributed by atoms with Gasteiger partial charge in [-0.2, -0.15) is 13.2 Å². The van der Waals surface area contributed by atoms with Gasteiger partial charge in [-0.25, -0.2) is 0 Å². The average Bonchev–Trinajstić information content (AvgIpc) is 2.09. The summed E-state index contributed by atoms with van der Waals surface area (Å²) in [6.07, 6.45) is -4.74. The van der Waals surface area contributed by atoms with Gasteiger partial charge in [0.25, 0.3) is 0 Å². The molecule has 0 aliphatic heterocycles. The molecule has 0 aliphatic carbocycles. The van der Waals surface area contributed by atoms with Gasteiger partial charge in [-0.3, -0.25) is 4.79 Å². The molecule has 0 saturated carbocycles. The standard InChI is InChI=1S/C9H16F3NO3/c1-8(2,16-3)5-13-4-6(7(14)15)9(10,11)12/h6,13H,4-5H2,1-3H3,(H,14,15). The Balaban J connectivity index is 4.21. The van der Waals surface area contributed by atoms with Crippen LogP contribution in [0.5, 0.6) is 0 Å². The van der Waals surface area contributed by atoms with E-state index in [-0.39, 0.29) is 6.54 Å². The normalized spacial score (nSPS) is 14.9. The quantitative estimate of drug-likeness (QED) is 0.737. The summed E-state index contributed by atoms with van der Waals surface area (Å²) in [6, 6.07) is 0. The summed E-state index contributed by atoms with van der Waals surface area (Å²) in [5.41, 5.74) is -0.630. The summed E-state index contributed by atoms with van der Waals surface area (Å²) >= 11 is 0. The fourth-order valence-electron chi connectivity index (χ4n) is 0.933. The molecule has 16 heavy (non-hydrogen) atoms. The van der Waals surface area contributed by atoms with Gasteiger partial charge in [-0.05, 0) is 13.8 Å². The Morgan fingerprint density at radius 1 is 1.44 bits per heavy atom. The van der Waals surface area contributed by atoms with Crippen LogP contribution in [0.1, 0.15) is 13.8 Å². The Morgan fingerprint density at radius 2 is 1.94 bits per heavy atom. The molecule has 2 N–H and O–H groups in total. The lowest BCUT2D eigenvalue weighted by Crippen LogP contribution is -2.44. The third-order valence-corrected chi connectivity index (χ3v) is 2.14. The molecule has 0 spiro atoms. The largest absolute Gasteiger partial charge is 0.481 e. The second-order valence-corrected chi connectivity index (χ2v) is 4.03. The lowest BCUT2D eigenvalue weighted by molar-refractivity contribution is -0.192. The van der Waals surface area contributed by atoms with Gasteiger partial charge < -0.3 is 15.2 Å². The van der Waals surface area contributed by atoms with Crippen molar-refractivity contribution in [3.8, 4) is 0 Å². The van der Waals surface area contributed by atoms with Crippen LogP contribution < -0.4 is 5.32 Å². The smallest absolute Gasteiger partial charge is 0.403 e. The van der Waals surface area contributed by atoms with Crippen LogP contribution in [0.2, 0.25) is 0 Å². The van der Waals surface area contributed by atoms with E-state index >= 15 is 0 Å². The number of hydrogen-bond donors (Lipinski definition) is 2. The topological polar surface area (TPSA) is 58.6 Å². The van der Waals surface area contributed by atoms with E-state index in [1.165, 1.54) is 7.11 Å². The molecule has 4 nitrogen and oxygen atoms in total. The molecule has 0 aromatic heterocycles. The maximum absolute atomic E-state index is 12.2. The van der Waals surface area contributed by atoms with E-state index in [1.807, 2.05) is 0 Å². The number of rotatable bonds is 6. The number of halogens is 3. The van der Waals surface area contributed by atoms with Crippen LogP contribution >= 0.6 is 0 Å². The minimum absolute atomic E-state index is 0.142. The Morgan fingerprint density at radius 3 is 2.25 bits per heavy atom. The predicted octanol–water partition coefficient (Wildman–Crippen LogP) is 1.26. The lowest BCUT2D eigenvalue weighted by Gasteiger charge is -2.24. The van der Waals surface area contributed by atoms with Crippen molar-refractivity contribution in [2.45, 2.75) is 25.6 Å². The van der Waals surface area contributed by atoms with Crippen LogP contribution in [-0.4, -0.2) is 43.1 Å². The number of carbonyl (C=O) groups is 1. The first-order valence-electron chi connectivity index (χ1n) is 4.65. The molecular formula is C9H16F3NO3. The number of ether oxygens (including phenoxy) is 1. The van der Waals surface area contributed by atoms with Gasteiger partial charge in [0.05, 0.1) is 5.60 Å². The molecule has 0 radical (unpaired) electrons. The summed E-state index contributed by atoms with van der Waals surface area (Å²) in [6.45, 7) is 2.85. The number of carboxylic acids is 1. The average molecular weight is 243 g/mol. The van der Waals surface area contributed by atoms with Crippen molar-refractivity contribution in [1.29, 1.82) is 0 Å². The first kappa shape index (κ1) is 15.2. The van der Waals surface area contributed by atoms with E-state index in [9.17, 15) is 18.0 Å². The monoisotopic (exact) mass is 243 g/mol. The minimum atomic E-state index is -4.74. The number of nitrogens with one attached hydrogen (secondary N) is 1. The van der Waals surface area contributed by atoms with E-state index in [0.717, 1.165) is 0 Å². The minimum Gasteiger partial charge on any atom is -0.481 e. The van der Waals surface area contributed by atoms with Crippen molar-refractivity contribution < 1.29 is 27.8 Å². The van der Waals surface area contributed by atoms with Crippen molar-refractivity contribution in [3.63, 3.8) is 0 Å². The van der Waals surface area contributed by atoms with Crippen molar-refractivity contribution in [2.75, 3.05) is 20.2 Å². The molecule has 0 aromatic carbocycles. The first-order valence-corrected chi connectivity index (χ1v) is 4.65. The van der Waals surface area contributed by atoms with Gasteiger partial charge in [-0.15, -0.1) is 0 Å². The van der Waals surface area contributed by atoms with Crippen LogP contribution in [0.4, 0.5) is 13.2 Å². The zero-order chi connectivity index (χ0) is 13.0. The maximum Gasteiger partial charge on any atom is 0.403 e. The third kappa shape index (κ3) is 5.32. The fourth-order valence-corrected chi connectivity index (χ4v) is 0.933. The number of hydrogen-bond acceptors (Lipinski definition) is 3. The van der Waals surface area contributed by atoms with Crippen LogP contribution in [-0.2, 0) is 9.53 Å². The van der Waals surface area contributed by atoms with Crippen molar-refractivity contribution >= 4 is 5.97 Å². The summed E-state index contributed by atoms with van der Waals surface area (Å²) in [5.74, 6) is -4.27. The summed E-state index contributed by atoms with van der Waals surface area (Å²) in [7, 11) is 1.43. The van der Waals surface area contributed by atoms with Gasteiger partial charge in [0.2, 0.25) is 0 Å². The van der Waals surface area contributed by atoms with Gasteiger partial charge in [0, 0.05) is 20.2 Å². The lowest BCUT2D eigenvalue weighted by atomic mass is 10.1. The molecular weight excluding hydrogens is 227 g/mol. The first-order chi connectivity index (χ1) is 7.10. The molecule has 0 aromatic rings. The highest BCUT2D eigenvalue weighted by atomic mass is 19.4. The second-order valence-electron chi connectivity index (χ2n) is 4.03. The SMILES string of the molecule is COC(C)(C)CNCC(C(=O)O)C(F)(F)F. The Bertz CT molecular complexity index is 241. The van der Waals surface area contributed by atoms with Gasteiger partial charge in [0.1, 0.15) is 0 Å². The van der Waals surface area contributed by atoms with Crippen LogP contribution in [0.25, 0.3) is 0 Å². The molecule has 0 saturated heterocycles. The number of carboxylic acid groups (broad SMARTS) is 1. The molecule has 0 heterocycles. The van der Waals surface area contributed by atoms with Crippen LogP contribution in [0.15, 0.2) is 0 Å². The van der Waals surface area contributed by atoms with Gasteiger partial charge in [0.15, 0.2) is 5.92 Å². The predicted molar refractivity (Wildman–Crippen MR) is 51.1 cm³/mol. The molecule has 0 amide bonds. The van der Waals surface area contributed by atoms with Crippen molar-refractivity contribution in [3.05, 3.63) is 0 Å². The van der Waals surface area contributed by atoms with Crippen molar-refractivity contribution in [1.82, 2.24) is 5.32 Å². The number of alkyl halides is 3. The number of methoxy groups -OCH3 is 1. The summed E-state index contributed by atoms with van der Waals surface area (Å²) in [5, 5.41) is 10.8. The Labute approximate surface area is 91.8 Å². The van der Waals surface area contributed by atoms with Gasteiger partial charge in [-0.1, -0.05) is 0 Å². The maximum atomic E-state index is 12.2. The highest BCUT2D eigenvalue weighted by Gasteiger charge is 2.44. The molecule has 0 fully saturated rings. The molecule has 1 unspecified atom stereocenters. The fraction of sp³-hybridized carbons (Fsp3) is 0.889. The molecule has 0 rings (SSSR count). The molecule has 7 heteroatoms. The van der Waals surface area contributed by atoms with Crippen LogP contribution in [0, 0.1) is 5.92 Å². The highest BCUT2D eigenvalue weighted by Crippen LogP contribution is 2.25. The van der Waals surface area contributed by atoms with E-state index < -0.39 is 30.2 Å². The highest BCUT2D eigenvalue weighted by molar-refractivity contribution is 5.71. The molecule has 1 atom stereocenters. The molecule has 0 aliphatic rings. The second kappa shape index (κ2) is 5.49. The Kier molecular flexibility index (Phi) is 5.21. The molecule has 0 bridgehead atoms. The van der Waals surface area contributed by atoms with E-state index in [1.54, 1.807) is 13.8 Å². The van der Waals surface area contributed by atoms with Gasteiger partial charge >= 0.3 is 12.1 Å². The van der Waals surface area contributed by atoms with E-state index in [0.29, 0.717) is 0 Å². The zero-order valence-corrected chi connectivity index (χ0v) is 9.39. The Hall–Kier alpha value is -0.820.